The minimum atomic E-state index is -4.97. The van der Waals surface area contributed by atoms with Gasteiger partial charge in [-0.1, -0.05) is 133 Å². The summed E-state index contributed by atoms with van der Waals surface area (Å²) in [5.74, 6) is 0. The molecule has 0 saturated carbocycles. The van der Waals surface area contributed by atoms with E-state index in [4.69, 9.17) is 26.3 Å². The average molecular weight is 1010 g/mol. The molecule has 0 aliphatic rings. The smallest absolute Gasteiger partial charge is 0.309 e. The van der Waals surface area contributed by atoms with Crippen LogP contribution in [-0.2, 0) is 6.18 Å². The van der Waals surface area contributed by atoms with Crippen molar-refractivity contribution >= 4 is 66.4 Å². The summed E-state index contributed by atoms with van der Waals surface area (Å²) in [6.45, 7) is 32.5. The Bertz CT molecular complexity index is 4330. The van der Waals surface area contributed by atoms with Gasteiger partial charge in [-0.15, -0.1) is 0 Å². The molecule has 12 rings (SSSR count). The van der Waals surface area contributed by atoms with Crippen molar-refractivity contribution in [1.82, 2.24) is 9.13 Å². The summed E-state index contributed by atoms with van der Waals surface area (Å²) in [5.41, 5.74) is 8.15. The molecule has 2 aromatic heterocycles. The summed E-state index contributed by atoms with van der Waals surface area (Å²) in [5, 5.41) is 24.0. The second-order valence-electron chi connectivity index (χ2n) is 18.5. The highest BCUT2D eigenvalue weighted by molar-refractivity contribution is 6.15. The topological polar surface area (TPSA) is 74.9 Å². The Kier molecular flexibility index (Phi) is 11.4. The first kappa shape index (κ1) is 47.5. The van der Waals surface area contributed by atoms with Gasteiger partial charge in [0, 0.05) is 32.7 Å². The molecule has 0 fully saturated rings. The van der Waals surface area contributed by atoms with Crippen LogP contribution in [0.5, 0.6) is 0 Å². The Hall–Kier alpha value is -11.5. The van der Waals surface area contributed by atoms with Crippen LogP contribution in [0.25, 0.3) is 130 Å². The predicted molar refractivity (Wildman–Crippen MR) is 302 cm³/mol. The van der Waals surface area contributed by atoms with E-state index in [1.165, 1.54) is 12.1 Å². The lowest BCUT2D eigenvalue weighted by Gasteiger charge is -2.24. The molecule has 0 aliphatic heterocycles. The van der Waals surface area contributed by atoms with Crippen LogP contribution in [0.1, 0.15) is 16.7 Å². The lowest BCUT2D eigenvalue weighted by molar-refractivity contribution is -0.137. The number of nitrogens with zero attached hydrogens (tertiary/aromatic N) is 8. The van der Waals surface area contributed by atoms with Gasteiger partial charge in [-0.05, 0) is 111 Å². The molecule has 0 N–H and O–H groups in total. The molecule has 12 aromatic rings. The molecule has 0 amide bonds. The fourth-order valence-corrected chi connectivity index (χ4v) is 10.9. The molecule has 2 heterocycles. The Labute approximate surface area is 445 Å². The molecule has 10 aromatic carbocycles. The number of fused-ring (bicyclic) bond motifs is 6. The molecule has 0 saturated heterocycles. The number of rotatable bonds is 7. The van der Waals surface area contributed by atoms with E-state index >= 15 is 13.2 Å². The highest BCUT2D eigenvalue weighted by Crippen LogP contribution is 2.51. The third-order valence-corrected chi connectivity index (χ3v) is 14.3. The number of benzene rings is 10. The third-order valence-electron chi connectivity index (χ3n) is 14.3. The Balaban J connectivity index is 1.26. The highest BCUT2D eigenvalue weighted by atomic mass is 19.4. The average Bonchev–Trinajstić information content (AvgIpc) is 4.21. The Morgan fingerprint density at radius 3 is 1.10 bits per heavy atom. The van der Waals surface area contributed by atoms with Crippen molar-refractivity contribution in [2.45, 2.75) is 6.18 Å². The maximum atomic E-state index is 16.0. The number of para-hydroxylation sites is 3. The van der Waals surface area contributed by atoms with Gasteiger partial charge >= 0.3 is 6.18 Å². The lowest BCUT2D eigenvalue weighted by Crippen LogP contribution is -2.11. The summed E-state index contributed by atoms with van der Waals surface area (Å²) in [7, 11) is 0. The number of hydrogen-bond donors (Lipinski definition) is 0. The van der Waals surface area contributed by atoms with Crippen LogP contribution in [0.4, 0.5) is 35.9 Å². The molecular formula is C67H33F3N8. The first-order chi connectivity index (χ1) is 38.1. The maximum absolute atomic E-state index is 16.0. The number of aromatic nitrogens is 2. The number of halogens is 3. The van der Waals surface area contributed by atoms with E-state index in [9.17, 15) is 10.5 Å². The van der Waals surface area contributed by atoms with Crippen LogP contribution in [0.2, 0.25) is 0 Å². The molecule has 0 bridgehead atoms. The second-order valence-corrected chi connectivity index (χ2v) is 18.5. The molecule has 0 spiro atoms. The normalized spacial score (nSPS) is 11.2. The molecule has 362 valence electrons. The lowest BCUT2D eigenvalue weighted by atomic mass is 9.92. The molecule has 8 nitrogen and oxygen atoms in total. The van der Waals surface area contributed by atoms with Crippen molar-refractivity contribution in [1.29, 1.82) is 10.5 Å². The van der Waals surface area contributed by atoms with Crippen LogP contribution in [0.15, 0.2) is 200 Å². The van der Waals surface area contributed by atoms with Crippen molar-refractivity contribution < 1.29 is 13.2 Å². The van der Waals surface area contributed by atoms with E-state index in [2.05, 4.69) is 31.5 Å². The van der Waals surface area contributed by atoms with Crippen molar-refractivity contribution in [2.24, 2.45) is 0 Å². The van der Waals surface area contributed by atoms with Gasteiger partial charge < -0.3 is 9.13 Å². The Morgan fingerprint density at radius 1 is 0.372 bits per heavy atom. The van der Waals surface area contributed by atoms with Crippen LogP contribution >= 0.6 is 0 Å². The largest absolute Gasteiger partial charge is 0.415 e. The second kappa shape index (κ2) is 18.8. The number of nitriles is 2. The zero-order valence-corrected chi connectivity index (χ0v) is 40.8. The number of alkyl halides is 3. The monoisotopic (exact) mass is 1010 g/mol. The quantitative estimate of drug-likeness (QED) is 0.149. The van der Waals surface area contributed by atoms with Crippen LogP contribution in [0, 0.1) is 49.0 Å². The molecule has 0 atom stereocenters. The van der Waals surface area contributed by atoms with Crippen LogP contribution < -0.4 is 0 Å². The first-order valence-electron chi connectivity index (χ1n) is 24.3. The summed E-state index contributed by atoms with van der Waals surface area (Å²) in [6, 6.07) is 62.8. The number of hydrogen-bond acceptors (Lipinski definition) is 2. The first-order valence-corrected chi connectivity index (χ1v) is 24.3. The Morgan fingerprint density at radius 2 is 0.731 bits per heavy atom. The van der Waals surface area contributed by atoms with Gasteiger partial charge in [0.2, 0.25) is 0 Å². The summed E-state index contributed by atoms with van der Waals surface area (Å²) in [6.07, 6.45) is -4.97. The van der Waals surface area contributed by atoms with Crippen LogP contribution in [0.3, 0.4) is 0 Å². The van der Waals surface area contributed by atoms with Crippen molar-refractivity contribution in [3.63, 3.8) is 0 Å². The minimum absolute atomic E-state index is 0.0108. The van der Waals surface area contributed by atoms with E-state index in [-0.39, 0.29) is 28.2 Å². The standard InChI is InChI=1S/C67H33F3N8/c1-73-55-20-10-7-16-47(55)42-25-29-60-51(35-42)50-34-41(46-15-6-5-14-45(46)39-72)24-28-59(50)77(60)63-32-40(38-71)33-64(66(63)65-54(67(68,69)70)19-13-23-58(65)76-4)78-61-30-26-43(48-17-8-11-21-56(48)74-2)36-52(61)53-37-44(27-31-62(53)78)49-18-9-12-22-57(49)75-3/h5-37H. The zero-order valence-electron chi connectivity index (χ0n) is 40.8. The fourth-order valence-electron chi connectivity index (χ4n) is 10.9. The van der Waals surface area contributed by atoms with Gasteiger partial charge in [0.1, 0.15) is 0 Å². The SMILES string of the molecule is [C-]#[N+]c1ccccc1-c1ccc2c(c1)c1cc(-c3ccccc3C#N)ccc1n2-c1cc(C#N)cc(-n2c3ccc(-c4ccccc4[N+]#[C-])cc3c3cc(-c4ccccc4[N+]#[C-])ccc32)c1-c1c([N+]#[C-])cccc1C(F)(F)F. The highest BCUT2D eigenvalue weighted by Gasteiger charge is 2.37. The molecule has 0 unspecified atom stereocenters. The summed E-state index contributed by atoms with van der Waals surface area (Å²) < 4.78 is 51.6. The van der Waals surface area contributed by atoms with E-state index in [1.807, 2.05) is 130 Å². The van der Waals surface area contributed by atoms with Gasteiger partial charge in [-0.2, -0.15) is 23.7 Å². The van der Waals surface area contributed by atoms with E-state index < -0.39 is 17.3 Å². The van der Waals surface area contributed by atoms with E-state index in [0.717, 1.165) is 6.07 Å². The third kappa shape index (κ3) is 7.65. The summed E-state index contributed by atoms with van der Waals surface area (Å²) >= 11 is 0. The molecule has 11 heteroatoms. The van der Waals surface area contributed by atoms with E-state index in [1.54, 1.807) is 60.7 Å². The molecular weight excluding hydrogens is 974 g/mol. The molecule has 78 heavy (non-hydrogen) atoms. The predicted octanol–water partition coefficient (Wildman–Crippen LogP) is 19.2. The molecule has 0 radical (unpaired) electrons. The van der Waals surface area contributed by atoms with Crippen molar-refractivity contribution in [3.05, 3.63) is 263 Å². The van der Waals surface area contributed by atoms with Gasteiger partial charge in [0.15, 0.2) is 22.7 Å². The zero-order chi connectivity index (χ0) is 53.8. The van der Waals surface area contributed by atoms with Crippen LogP contribution in [-0.4, -0.2) is 9.13 Å². The summed E-state index contributed by atoms with van der Waals surface area (Å²) in [4.78, 5) is 15.2. The van der Waals surface area contributed by atoms with Crippen molar-refractivity contribution in [2.75, 3.05) is 0 Å². The molecule has 0 aliphatic carbocycles. The van der Waals surface area contributed by atoms with Gasteiger partial charge in [-0.3, -0.25) is 0 Å². The fraction of sp³-hybridized carbons (Fsp3) is 0.0149. The van der Waals surface area contributed by atoms with Gasteiger partial charge in [-0.25, -0.2) is 19.4 Å². The van der Waals surface area contributed by atoms with Crippen molar-refractivity contribution in [3.8, 4) is 79.1 Å². The van der Waals surface area contributed by atoms with E-state index in [0.29, 0.717) is 111 Å². The van der Waals surface area contributed by atoms with Gasteiger partial charge in [0.25, 0.3) is 0 Å². The maximum Gasteiger partial charge on any atom is 0.415 e. The van der Waals surface area contributed by atoms with Gasteiger partial charge in [0.05, 0.1) is 88.6 Å². The minimum Gasteiger partial charge on any atom is -0.309 e.